The number of likely N-dealkylation sites (N-methyl/N-ethyl adjacent to an activating group) is 1. The second-order valence-corrected chi connectivity index (χ2v) is 3.38. The van der Waals surface area contributed by atoms with Crippen molar-refractivity contribution in [2.75, 3.05) is 26.7 Å². The van der Waals surface area contributed by atoms with Gasteiger partial charge in [0, 0.05) is 21.1 Å². The lowest BCUT2D eigenvalue weighted by Crippen LogP contribution is -2.29. The zero-order chi connectivity index (χ0) is 11.5. The number of carbonyl (C=O) groups is 1. The summed E-state index contributed by atoms with van der Waals surface area (Å²) in [6.07, 6.45) is 7.50. The van der Waals surface area contributed by atoms with Gasteiger partial charge in [0.25, 0.3) is 0 Å². The molecule has 0 aliphatic carbocycles. The lowest BCUT2D eigenvalue weighted by atomic mass is 10.1. The highest BCUT2D eigenvalue weighted by molar-refractivity contribution is 5.87. The Kier molecular flexibility index (Phi) is 9.18. The minimum absolute atomic E-state index is 0. The van der Waals surface area contributed by atoms with E-state index in [-0.39, 0.29) is 7.33 Å². The van der Waals surface area contributed by atoms with E-state index >= 15 is 0 Å². The number of likely N-dealkylation sites (tertiary alicyclic amines) is 1. The van der Waals surface area contributed by atoms with Crippen LogP contribution in [0.1, 0.15) is 34.5 Å². The molecule has 1 fully saturated rings. The summed E-state index contributed by atoms with van der Waals surface area (Å²) in [7, 11) is 1.65. The fourth-order valence-electron chi connectivity index (χ4n) is 1.53. The second-order valence-electron chi connectivity index (χ2n) is 3.38. The molecule has 1 heterocycles. The molecular formula is C12H26N2O. The van der Waals surface area contributed by atoms with Crippen LogP contribution in [-0.2, 0) is 4.79 Å². The molecule has 0 spiro atoms. The molecule has 15 heavy (non-hydrogen) atoms. The number of amides is 1. The van der Waals surface area contributed by atoms with Gasteiger partial charge < -0.3 is 5.32 Å². The Hall–Kier alpha value is -0.830. The molecule has 1 saturated heterocycles. The first kappa shape index (κ1) is 14.2. The first-order valence-corrected chi connectivity index (χ1v) is 5.93. The molecule has 3 nitrogen and oxygen atoms in total. The normalized spacial score (nSPS) is 17.0. The molecule has 1 aliphatic rings. The highest BCUT2D eigenvalue weighted by Crippen LogP contribution is 2.07. The van der Waals surface area contributed by atoms with E-state index in [9.17, 15) is 4.79 Å². The average molecular weight is 214 g/mol. The Labute approximate surface area is 95.0 Å². The van der Waals surface area contributed by atoms with Crippen LogP contribution in [0.15, 0.2) is 12.2 Å². The third-order valence-electron chi connectivity index (χ3n) is 2.33. The van der Waals surface area contributed by atoms with Crippen LogP contribution in [0.25, 0.3) is 0 Å². The first-order valence-electron chi connectivity index (χ1n) is 5.93. The van der Waals surface area contributed by atoms with Gasteiger partial charge in [0.15, 0.2) is 0 Å². The van der Waals surface area contributed by atoms with Crippen molar-refractivity contribution >= 4 is 5.91 Å². The van der Waals surface area contributed by atoms with E-state index in [2.05, 4.69) is 10.2 Å². The monoisotopic (exact) mass is 214 g/mol. The Balaban J connectivity index is 0. The topological polar surface area (TPSA) is 32.3 Å². The first-order chi connectivity index (χ1) is 7.33. The quantitative estimate of drug-likeness (QED) is 0.729. The van der Waals surface area contributed by atoms with Crippen LogP contribution >= 0.6 is 0 Å². The number of carbonyl (C=O) groups excluding carboxylic acids is 1. The van der Waals surface area contributed by atoms with Crippen molar-refractivity contribution in [2.24, 2.45) is 0 Å². The van der Waals surface area contributed by atoms with Gasteiger partial charge in [-0.25, -0.2) is 0 Å². The molecule has 1 N–H and O–H groups in total. The zero-order valence-corrected chi connectivity index (χ0v) is 10.3. The van der Waals surface area contributed by atoms with E-state index < -0.39 is 0 Å². The van der Waals surface area contributed by atoms with E-state index in [1.807, 2.05) is 19.9 Å². The average Bonchev–Trinajstić information content (AvgIpc) is 2.33. The van der Waals surface area contributed by atoms with E-state index in [1.165, 1.54) is 32.4 Å². The van der Waals surface area contributed by atoms with Gasteiger partial charge >= 0.3 is 0 Å². The van der Waals surface area contributed by atoms with Crippen LogP contribution < -0.4 is 5.32 Å². The van der Waals surface area contributed by atoms with Crippen LogP contribution in [-0.4, -0.2) is 37.5 Å². The molecule has 0 radical (unpaired) electrons. The van der Waals surface area contributed by atoms with Crippen molar-refractivity contribution < 1.29 is 6.22 Å². The summed E-state index contributed by atoms with van der Waals surface area (Å²) in [5.74, 6) is -0.0167. The minimum atomic E-state index is -0.0167. The summed E-state index contributed by atoms with van der Waals surface area (Å²) in [5, 5.41) is 2.56. The number of piperidine rings is 1. The maximum Gasteiger partial charge on any atom is 0.243 e. The zero-order valence-electron chi connectivity index (χ0n) is 10.3. The molecular weight excluding hydrogens is 188 g/mol. The molecule has 1 rings (SSSR count). The van der Waals surface area contributed by atoms with E-state index in [4.69, 9.17) is 0 Å². The van der Waals surface area contributed by atoms with Gasteiger partial charge in [-0.3, -0.25) is 9.69 Å². The molecule has 90 valence electrons. The third kappa shape index (κ3) is 7.14. The van der Waals surface area contributed by atoms with Crippen LogP contribution in [0.4, 0.5) is 0 Å². The van der Waals surface area contributed by atoms with Gasteiger partial charge in [0.2, 0.25) is 5.91 Å². The summed E-state index contributed by atoms with van der Waals surface area (Å²) >= 11 is 0. The molecule has 0 aromatic carbocycles. The fraction of sp³-hybridized carbons (Fsp3) is 0.750. The standard InChI is InChI=1S/C10H18N2O.C2H6.H2/c1-11-10(13)6-5-9-12-7-3-2-4-8-12;1-2;/h5-6H,2-4,7-9H2,1H3,(H,11,13);1-2H3;1H/b6-5+;;. The fourth-order valence-corrected chi connectivity index (χ4v) is 1.53. The Morgan fingerprint density at radius 2 is 1.93 bits per heavy atom. The maximum atomic E-state index is 10.8. The Bertz CT molecular complexity index is 189. The van der Waals surface area contributed by atoms with Crippen LogP contribution in [0.2, 0.25) is 0 Å². The van der Waals surface area contributed by atoms with E-state index in [0.29, 0.717) is 0 Å². The minimum Gasteiger partial charge on any atom is -0.356 e. The van der Waals surface area contributed by atoms with Crippen molar-refractivity contribution in [1.29, 1.82) is 0 Å². The smallest absolute Gasteiger partial charge is 0.243 e. The van der Waals surface area contributed by atoms with Gasteiger partial charge in [-0.2, -0.15) is 0 Å². The summed E-state index contributed by atoms with van der Waals surface area (Å²) in [4.78, 5) is 13.2. The molecule has 1 aliphatic heterocycles. The van der Waals surface area contributed by atoms with Crippen LogP contribution in [0.3, 0.4) is 0 Å². The summed E-state index contributed by atoms with van der Waals surface area (Å²) < 4.78 is 0. The molecule has 0 unspecified atom stereocenters. The van der Waals surface area contributed by atoms with Crippen molar-refractivity contribution in [3.05, 3.63) is 12.2 Å². The molecule has 0 aromatic rings. The van der Waals surface area contributed by atoms with Crippen LogP contribution in [0, 0.1) is 0 Å². The summed E-state index contributed by atoms with van der Waals surface area (Å²) in [6.45, 7) is 7.27. The molecule has 0 bridgehead atoms. The predicted octanol–water partition coefficient (Wildman–Crippen LogP) is 2.05. The molecule has 0 atom stereocenters. The van der Waals surface area contributed by atoms with Crippen molar-refractivity contribution in [1.82, 2.24) is 10.2 Å². The highest BCUT2D eigenvalue weighted by atomic mass is 16.1. The molecule has 1 amide bonds. The van der Waals surface area contributed by atoms with E-state index in [1.54, 1.807) is 13.1 Å². The second kappa shape index (κ2) is 9.71. The largest absolute Gasteiger partial charge is 0.356 e. The number of rotatable bonds is 3. The number of nitrogens with zero attached hydrogens (tertiary/aromatic N) is 1. The summed E-state index contributed by atoms with van der Waals surface area (Å²) in [6, 6.07) is 0. The molecule has 3 heteroatoms. The van der Waals surface area contributed by atoms with Gasteiger partial charge in [0.05, 0.1) is 0 Å². The SMILES string of the molecule is CC.CNC(=O)/C=C/CN1CCCCC1.[HH]. The summed E-state index contributed by atoms with van der Waals surface area (Å²) in [5.41, 5.74) is 0. The Morgan fingerprint density at radius 1 is 1.33 bits per heavy atom. The number of hydrogen-bond donors (Lipinski definition) is 1. The third-order valence-corrected chi connectivity index (χ3v) is 2.33. The predicted molar refractivity (Wildman–Crippen MR) is 67.0 cm³/mol. The lowest BCUT2D eigenvalue weighted by Gasteiger charge is -2.24. The van der Waals surface area contributed by atoms with Gasteiger partial charge in [-0.1, -0.05) is 26.3 Å². The lowest BCUT2D eigenvalue weighted by molar-refractivity contribution is -0.116. The van der Waals surface area contributed by atoms with Gasteiger partial charge in [-0.05, 0) is 25.9 Å². The van der Waals surface area contributed by atoms with E-state index in [0.717, 1.165) is 6.54 Å². The highest BCUT2D eigenvalue weighted by Gasteiger charge is 2.07. The van der Waals surface area contributed by atoms with Crippen molar-refractivity contribution in [3.63, 3.8) is 0 Å². The molecule has 0 aromatic heterocycles. The number of hydrogen-bond acceptors (Lipinski definition) is 2. The number of nitrogens with one attached hydrogen (secondary N) is 1. The van der Waals surface area contributed by atoms with Crippen molar-refractivity contribution in [2.45, 2.75) is 33.1 Å². The Morgan fingerprint density at radius 3 is 2.47 bits per heavy atom. The van der Waals surface area contributed by atoms with Crippen LogP contribution in [0.5, 0.6) is 0 Å². The van der Waals surface area contributed by atoms with Gasteiger partial charge in [0.1, 0.15) is 0 Å². The molecule has 0 saturated carbocycles. The van der Waals surface area contributed by atoms with Gasteiger partial charge in [-0.15, -0.1) is 0 Å². The van der Waals surface area contributed by atoms with Crippen molar-refractivity contribution in [3.8, 4) is 0 Å². The maximum absolute atomic E-state index is 10.8.